The van der Waals surface area contributed by atoms with Crippen LogP contribution >= 0.6 is 0 Å². The van der Waals surface area contributed by atoms with Crippen molar-refractivity contribution in [3.63, 3.8) is 0 Å². The van der Waals surface area contributed by atoms with Gasteiger partial charge in [0.2, 0.25) is 0 Å². The predicted octanol–water partition coefficient (Wildman–Crippen LogP) is 6.54. The van der Waals surface area contributed by atoms with Crippen LogP contribution in [-0.4, -0.2) is 24.9 Å². The van der Waals surface area contributed by atoms with E-state index in [0.717, 1.165) is 24.8 Å². The lowest BCUT2D eigenvalue weighted by molar-refractivity contribution is 0.131. The highest BCUT2D eigenvalue weighted by molar-refractivity contribution is 7.85. The molecule has 0 fully saturated rings. The van der Waals surface area contributed by atoms with Crippen LogP contribution in [0.2, 0.25) is 0 Å². The van der Waals surface area contributed by atoms with E-state index < -0.39 is 10.1 Å². The number of hydrogen-bond donors (Lipinski definition) is 1. The average Bonchev–Trinajstić information content (AvgIpc) is 2.69. The molecule has 0 radical (unpaired) electrons. The number of nitrogens with zero attached hydrogens (tertiary/aromatic N) is 1. The topological polar surface area (TPSA) is 76.0 Å². The SMILES string of the molecule is O=S(=O)(O)CCCCCCCCCCCCCCCC=NOCc1ccccc1. The minimum absolute atomic E-state index is 0.0954. The number of oxime groups is 1. The van der Waals surface area contributed by atoms with Crippen LogP contribution in [0.4, 0.5) is 0 Å². The molecule has 1 aromatic rings. The maximum atomic E-state index is 10.6. The largest absolute Gasteiger partial charge is 0.391 e. The first-order valence-corrected chi connectivity index (χ1v) is 12.8. The van der Waals surface area contributed by atoms with Gasteiger partial charge in [-0.1, -0.05) is 106 Å². The highest BCUT2D eigenvalue weighted by Crippen LogP contribution is 2.13. The minimum Gasteiger partial charge on any atom is -0.391 e. The van der Waals surface area contributed by atoms with Gasteiger partial charge in [-0.25, -0.2) is 0 Å². The van der Waals surface area contributed by atoms with Crippen molar-refractivity contribution in [3.8, 4) is 0 Å². The molecule has 6 heteroatoms. The molecule has 0 saturated carbocycles. The molecule has 0 aromatic heterocycles. The maximum Gasteiger partial charge on any atom is 0.264 e. The molecule has 0 heterocycles. The normalized spacial score (nSPS) is 11.9. The summed E-state index contributed by atoms with van der Waals surface area (Å²) < 4.78 is 29.8. The van der Waals surface area contributed by atoms with Gasteiger partial charge in [-0.05, 0) is 24.8 Å². The second-order valence-corrected chi connectivity index (χ2v) is 9.29. The van der Waals surface area contributed by atoms with E-state index in [0.29, 0.717) is 13.0 Å². The lowest BCUT2D eigenvalue weighted by Crippen LogP contribution is -2.03. The predicted molar refractivity (Wildman–Crippen MR) is 121 cm³/mol. The summed E-state index contributed by atoms with van der Waals surface area (Å²) in [5.74, 6) is -0.0954. The minimum atomic E-state index is -3.77. The Labute approximate surface area is 177 Å². The Bertz CT molecular complexity index is 617. The first-order chi connectivity index (χ1) is 14.1. The maximum absolute atomic E-state index is 10.6. The van der Waals surface area contributed by atoms with Crippen molar-refractivity contribution in [3.05, 3.63) is 35.9 Å². The fourth-order valence-electron chi connectivity index (χ4n) is 3.26. The molecule has 0 saturated heterocycles. The van der Waals surface area contributed by atoms with Crippen molar-refractivity contribution in [2.45, 2.75) is 96.5 Å². The van der Waals surface area contributed by atoms with Crippen molar-refractivity contribution >= 4 is 16.3 Å². The molecule has 0 unspecified atom stereocenters. The van der Waals surface area contributed by atoms with Gasteiger partial charge in [0.15, 0.2) is 0 Å². The van der Waals surface area contributed by atoms with Crippen LogP contribution in [0, 0.1) is 0 Å². The Morgan fingerprint density at radius 3 is 1.76 bits per heavy atom. The molecular weight excluding hydrogens is 386 g/mol. The van der Waals surface area contributed by atoms with E-state index in [9.17, 15) is 8.42 Å². The molecule has 0 atom stereocenters. The van der Waals surface area contributed by atoms with Crippen molar-refractivity contribution < 1.29 is 17.8 Å². The number of hydrogen-bond acceptors (Lipinski definition) is 4. The first-order valence-electron chi connectivity index (χ1n) is 11.2. The number of benzene rings is 1. The zero-order chi connectivity index (χ0) is 21.0. The fraction of sp³-hybridized carbons (Fsp3) is 0.696. The summed E-state index contributed by atoms with van der Waals surface area (Å²) in [5, 5.41) is 4.01. The summed E-state index contributed by atoms with van der Waals surface area (Å²) in [6, 6.07) is 10.1. The summed E-state index contributed by atoms with van der Waals surface area (Å²) in [4.78, 5) is 5.29. The van der Waals surface area contributed by atoms with Gasteiger partial charge in [-0.2, -0.15) is 8.42 Å². The summed E-state index contributed by atoms with van der Waals surface area (Å²) in [5.41, 5.74) is 1.14. The third-order valence-corrected chi connectivity index (χ3v) is 5.76. The van der Waals surface area contributed by atoms with E-state index in [1.165, 1.54) is 64.2 Å². The molecule has 1 rings (SSSR count). The Morgan fingerprint density at radius 2 is 1.24 bits per heavy atom. The van der Waals surface area contributed by atoms with Crippen LogP contribution < -0.4 is 0 Å². The molecule has 0 aliphatic heterocycles. The van der Waals surface area contributed by atoms with Crippen LogP contribution in [0.5, 0.6) is 0 Å². The number of rotatable bonds is 19. The van der Waals surface area contributed by atoms with Crippen molar-refractivity contribution in [2.24, 2.45) is 5.16 Å². The molecule has 1 aromatic carbocycles. The van der Waals surface area contributed by atoms with Crippen LogP contribution in [0.25, 0.3) is 0 Å². The van der Waals surface area contributed by atoms with Gasteiger partial charge in [0.05, 0.1) is 5.75 Å². The molecule has 29 heavy (non-hydrogen) atoms. The van der Waals surface area contributed by atoms with Gasteiger partial charge in [0.25, 0.3) is 10.1 Å². The molecule has 0 spiro atoms. The third-order valence-electron chi connectivity index (χ3n) is 4.96. The zero-order valence-electron chi connectivity index (χ0n) is 17.8. The van der Waals surface area contributed by atoms with Gasteiger partial charge in [0, 0.05) is 6.21 Å². The highest BCUT2D eigenvalue weighted by Gasteiger charge is 2.02. The second-order valence-electron chi connectivity index (χ2n) is 7.72. The molecule has 0 aliphatic carbocycles. The zero-order valence-corrected chi connectivity index (χ0v) is 18.6. The summed E-state index contributed by atoms with van der Waals surface area (Å²) in [7, 11) is -3.77. The lowest BCUT2D eigenvalue weighted by Gasteiger charge is -2.03. The van der Waals surface area contributed by atoms with Crippen molar-refractivity contribution in [2.75, 3.05) is 5.75 Å². The van der Waals surface area contributed by atoms with E-state index in [-0.39, 0.29) is 5.75 Å². The van der Waals surface area contributed by atoms with Crippen molar-refractivity contribution in [1.29, 1.82) is 0 Å². The standard InChI is InChI=1S/C23H39NO4S/c25-29(26,27)21-17-12-10-8-6-4-2-1-3-5-7-9-11-16-20-24-28-22-23-18-14-13-15-19-23/h13-15,18-20H,1-12,16-17,21-22H2,(H,25,26,27). The van der Waals surface area contributed by atoms with Gasteiger partial charge < -0.3 is 4.84 Å². The van der Waals surface area contributed by atoms with E-state index in [4.69, 9.17) is 9.39 Å². The summed E-state index contributed by atoms with van der Waals surface area (Å²) >= 11 is 0. The van der Waals surface area contributed by atoms with Crippen molar-refractivity contribution in [1.82, 2.24) is 0 Å². The van der Waals surface area contributed by atoms with Gasteiger partial charge in [-0.3, -0.25) is 4.55 Å². The third kappa shape index (κ3) is 18.4. The fourth-order valence-corrected chi connectivity index (χ4v) is 3.83. The van der Waals surface area contributed by atoms with Crippen LogP contribution in [0.15, 0.2) is 35.5 Å². The Morgan fingerprint density at radius 1 is 0.759 bits per heavy atom. The quantitative estimate of drug-likeness (QED) is 0.118. The lowest BCUT2D eigenvalue weighted by atomic mass is 10.0. The van der Waals surface area contributed by atoms with Gasteiger partial charge >= 0.3 is 0 Å². The average molecular weight is 426 g/mol. The van der Waals surface area contributed by atoms with E-state index in [1.54, 1.807) is 0 Å². The Balaban J connectivity index is 1.74. The van der Waals surface area contributed by atoms with E-state index in [1.807, 2.05) is 36.5 Å². The smallest absolute Gasteiger partial charge is 0.264 e. The van der Waals surface area contributed by atoms with E-state index >= 15 is 0 Å². The molecule has 1 N–H and O–H groups in total. The molecule has 0 aliphatic rings. The summed E-state index contributed by atoms with van der Waals surface area (Å²) in [6.45, 7) is 0.533. The van der Waals surface area contributed by atoms with Crippen LogP contribution in [0.3, 0.4) is 0 Å². The number of unbranched alkanes of at least 4 members (excludes halogenated alkanes) is 13. The monoisotopic (exact) mass is 425 g/mol. The van der Waals surface area contributed by atoms with Gasteiger partial charge in [0.1, 0.15) is 6.61 Å². The molecular formula is C23H39NO4S. The molecule has 0 amide bonds. The molecule has 166 valence electrons. The second kappa shape index (κ2) is 17.5. The summed E-state index contributed by atoms with van der Waals surface area (Å²) in [6.07, 6.45) is 18.1. The Hall–Kier alpha value is -1.40. The van der Waals surface area contributed by atoms with Crippen LogP contribution in [0.1, 0.15) is 95.5 Å². The van der Waals surface area contributed by atoms with E-state index in [2.05, 4.69) is 5.16 Å². The highest BCUT2D eigenvalue weighted by atomic mass is 32.2. The Kier molecular flexibility index (Phi) is 15.4. The molecule has 0 bridgehead atoms. The molecule has 5 nitrogen and oxygen atoms in total. The van der Waals surface area contributed by atoms with Crippen LogP contribution in [-0.2, 0) is 21.6 Å². The first kappa shape index (κ1) is 25.6. The van der Waals surface area contributed by atoms with Gasteiger partial charge in [-0.15, -0.1) is 0 Å².